The lowest BCUT2D eigenvalue weighted by Gasteiger charge is -2.15. The maximum absolute atomic E-state index is 12.5. The molecule has 2 aliphatic rings. The zero-order valence-electron chi connectivity index (χ0n) is 14.1. The number of thioether (sulfide) groups is 1. The highest BCUT2D eigenvalue weighted by molar-refractivity contribution is 7.99. The van der Waals surface area contributed by atoms with E-state index in [9.17, 15) is 9.59 Å². The third kappa shape index (κ3) is 3.33. The first kappa shape index (κ1) is 16.3. The Balaban J connectivity index is 1.40. The van der Waals surface area contributed by atoms with E-state index in [1.807, 2.05) is 19.1 Å². The minimum absolute atomic E-state index is 0.0623. The highest BCUT2D eigenvalue weighted by Gasteiger charge is 2.28. The van der Waals surface area contributed by atoms with Gasteiger partial charge in [0.05, 0.1) is 5.75 Å². The van der Waals surface area contributed by atoms with Gasteiger partial charge in [0.15, 0.2) is 10.9 Å². The van der Waals surface area contributed by atoms with E-state index in [4.69, 9.17) is 0 Å². The van der Waals surface area contributed by atoms with Crippen molar-refractivity contribution in [3.8, 4) is 0 Å². The van der Waals surface area contributed by atoms with Gasteiger partial charge < -0.3 is 9.47 Å². The normalized spacial score (nSPS) is 17.3. The van der Waals surface area contributed by atoms with Crippen molar-refractivity contribution in [2.45, 2.75) is 43.8 Å². The molecule has 1 saturated heterocycles. The van der Waals surface area contributed by atoms with Gasteiger partial charge >= 0.3 is 0 Å². The maximum Gasteiger partial charge on any atom is 0.227 e. The molecule has 0 radical (unpaired) electrons. The molecule has 0 spiro atoms. The van der Waals surface area contributed by atoms with Gasteiger partial charge in [-0.15, -0.1) is 10.2 Å². The second-order valence-electron chi connectivity index (χ2n) is 6.54. The van der Waals surface area contributed by atoms with Crippen LogP contribution in [0, 0.1) is 6.92 Å². The minimum atomic E-state index is 0.0623. The fourth-order valence-electron chi connectivity index (χ4n) is 3.16. The molecule has 2 fully saturated rings. The van der Waals surface area contributed by atoms with E-state index in [0.29, 0.717) is 23.8 Å². The monoisotopic (exact) mass is 356 g/mol. The lowest BCUT2D eigenvalue weighted by molar-refractivity contribution is -0.117. The molecule has 1 saturated carbocycles. The summed E-state index contributed by atoms with van der Waals surface area (Å²) in [7, 11) is 0. The summed E-state index contributed by atoms with van der Waals surface area (Å²) in [5.74, 6) is 1.47. The summed E-state index contributed by atoms with van der Waals surface area (Å²) in [5.41, 5.74) is 1.54. The van der Waals surface area contributed by atoms with Crippen LogP contribution in [0.2, 0.25) is 0 Å². The Labute approximate surface area is 150 Å². The number of carbonyl (C=O) groups excluding carboxylic acids is 2. The predicted molar refractivity (Wildman–Crippen MR) is 96.1 cm³/mol. The average Bonchev–Trinajstić information content (AvgIpc) is 3.26. The largest absolute Gasteiger partial charge is 0.312 e. The van der Waals surface area contributed by atoms with Crippen molar-refractivity contribution in [2.24, 2.45) is 0 Å². The first-order valence-corrected chi connectivity index (χ1v) is 9.60. The van der Waals surface area contributed by atoms with Gasteiger partial charge in [-0.2, -0.15) is 0 Å². The van der Waals surface area contributed by atoms with Crippen molar-refractivity contribution >= 4 is 29.1 Å². The molecule has 1 amide bonds. The van der Waals surface area contributed by atoms with Crippen LogP contribution in [-0.4, -0.2) is 38.8 Å². The Hall–Kier alpha value is -2.15. The Morgan fingerprint density at radius 3 is 2.64 bits per heavy atom. The number of hydrogen-bond donors (Lipinski definition) is 0. The van der Waals surface area contributed by atoms with E-state index >= 15 is 0 Å². The third-order valence-electron chi connectivity index (χ3n) is 4.65. The van der Waals surface area contributed by atoms with Gasteiger partial charge in [-0.05, 0) is 50.5 Å². The second-order valence-corrected chi connectivity index (χ2v) is 7.48. The van der Waals surface area contributed by atoms with Crippen LogP contribution in [-0.2, 0) is 4.79 Å². The molecular formula is C18H20N4O2S. The van der Waals surface area contributed by atoms with Gasteiger partial charge in [0.25, 0.3) is 0 Å². The summed E-state index contributed by atoms with van der Waals surface area (Å²) in [4.78, 5) is 26.0. The summed E-state index contributed by atoms with van der Waals surface area (Å²) in [6.07, 6.45) is 3.84. The van der Waals surface area contributed by atoms with Crippen LogP contribution in [0.15, 0.2) is 29.4 Å². The van der Waals surface area contributed by atoms with Crippen LogP contribution in [0.4, 0.5) is 5.69 Å². The van der Waals surface area contributed by atoms with Crippen molar-refractivity contribution in [1.82, 2.24) is 14.8 Å². The first-order chi connectivity index (χ1) is 12.1. The molecule has 1 aliphatic carbocycles. The van der Waals surface area contributed by atoms with E-state index in [2.05, 4.69) is 14.8 Å². The molecule has 6 nitrogen and oxygen atoms in total. The van der Waals surface area contributed by atoms with E-state index in [1.165, 1.54) is 11.8 Å². The molecule has 1 aromatic carbocycles. The molecule has 0 bridgehead atoms. The number of anilines is 1. The van der Waals surface area contributed by atoms with E-state index in [0.717, 1.165) is 42.5 Å². The number of amides is 1. The number of rotatable bonds is 6. The zero-order chi connectivity index (χ0) is 17.4. The van der Waals surface area contributed by atoms with E-state index < -0.39 is 0 Å². The second kappa shape index (κ2) is 6.63. The van der Waals surface area contributed by atoms with Crippen LogP contribution in [0.5, 0.6) is 0 Å². The summed E-state index contributed by atoms with van der Waals surface area (Å²) in [6, 6.07) is 7.84. The molecule has 4 rings (SSSR count). The van der Waals surface area contributed by atoms with Gasteiger partial charge in [-0.25, -0.2) is 0 Å². The summed E-state index contributed by atoms with van der Waals surface area (Å²) < 4.78 is 2.14. The molecule has 2 heterocycles. The standard InChI is InChI=1S/C18H20N4O2S/c1-12-19-20-18(22(12)15-8-9-15)25-11-16(23)13-4-6-14(7-5-13)21-10-2-3-17(21)24/h4-7,15H,2-3,8-11H2,1H3. The highest BCUT2D eigenvalue weighted by Crippen LogP contribution is 2.38. The lowest BCUT2D eigenvalue weighted by Crippen LogP contribution is -2.23. The van der Waals surface area contributed by atoms with Crippen LogP contribution < -0.4 is 4.90 Å². The number of hydrogen-bond acceptors (Lipinski definition) is 5. The smallest absolute Gasteiger partial charge is 0.227 e. The van der Waals surface area contributed by atoms with Crippen molar-refractivity contribution in [2.75, 3.05) is 17.2 Å². The number of benzene rings is 1. The fraction of sp³-hybridized carbons (Fsp3) is 0.444. The molecule has 0 N–H and O–H groups in total. The highest BCUT2D eigenvalue weighted by atomic mass is 32.2. The van der Waals surface area contributed by atoms with Crippen molar-refractivity contribution in [1.29, 1.82) is 0 Å². The van der Waals surface area contributed by atoms with Crippen LogP contribution in [0.1, 0.15) is 47.9 Å². The summed E-state index contributed by atoms with van der Waals surface area (Å²) in [5, 5.41) is 9.16. The van der Waals surface area contributed by atoms with Crippen molar-refractivity contribution < 1.29 is 9.59 Å². The predicted octanol–water partition coefficient (Wildman–Crippen LogP) is 3.02. The van der Waals surface area contributed by atoms with Crippen molar-refractivity contribution in [3.63, 3.8) is 0 Å². The molecular weight excluding hydrogens is 336 g/mol. The molecule has 130 valence electrons. The van der Waals surface area contributed by atoms with Gasteiger partial charge in [-0.1, -0.05) is 11.8 Å². The number of Topliss-reactive ketones (excluding diaryl/α,β-unsaturated/α-hetero) is 1. The number of aromatic nitrogens is 3. The average molecular weight is 356 g/mol. The minimum Gasteiger partial charge on any atom is -0.312 e. The van der Waals surface area contributed by atoms with Gasteiger partial charge in [0.2, 0.25) is 5.91 Å². The summed E-state index contributed by atoms with van der Waals surface area (Å²) >= 11 is 1.44. The number of ketones is 1. The number of carbonyl (C=O) groups is 2. The lowest BCUT2D eigenvalue weighted by atomic mass is 10.1. The molecule has 1 aromatic heterocycles. The van der Waals surface area contributed by atoms with Crippen molar-refractivity contribution in [3.05, 3.63) is 35.7 Å². The first-order valence-electron chi connectivity index (χ1n) is 8.61. The van der Waals surface area contributed by atoms with Crippen LogP contribution in [0.3, 0.4) is 0 Å². The number of aryl methyl sites for hydroxylation is 1. The molecule has 0 atom stereocenters. The molecule has 1 aliphatic heterocycles. The molecule has 2 aromatic rings. The van der Waals surface area contributed by atoms with E-state index in [-0.39, 0.29) is 11.7 Å². The van der Waals surface area contributed by atoms with Gasteiger partial charge in [0.1, 0.15) is 5.82 Å². The third-order valence-corrected chi connectivity index (χ3v) is 5.60. The van der Waals surface area contributed by atoms with Crippen LogP contribution in [0.25, 0.3) is 0 Å². The van der Waals surface area contributed by atoms with Gasteiger partial charge in [0, 0.05) is 30.3 Å². The Kier molecular flexibility index (Phi) is 4.33. The van der Waals surface area contributed by atoms with E-state index in [1.54, 1.807) is 17.0 Å². The topological polar surface area (TPSA) is 68.1 Å². The summed E-state index contributed by atoms with van der Waals surface area (Å²) in [6.45, 7) is 2.72. The quantitative estimate of drug-likeness (QED) is 0.588. The Morgan fingerprint density at radius 2 is 2.00 bits per heavy atom. The molecule has 25 heavy (non-hydrogen) atoms. The molecule has 0 unspecified atom stereocenters. The number of nitrogens with zero attached hydrogens (tertiary/aromatic N) is 4. The van der Waals surface area contributed by atoms with Crippen LogP contribution >= 0.6 is 11.8 Å². The van der Waals surface area contributed by atoms with Gasteiger partial charge in [-0.3, -0.25) is 9.59 Å². The fourth-order valence-corrected chi connectivity index (χ4v) is 4.11. The maximum atomic E-state index is 12.5. The Bertz CT molecular complexity index is 811. The zero-order valence-corrected chi connectivity index (χ0v) is 15.0. The SMILES string of the molecule is Cc1nnc(SCC(=O)c2ccc(N3CCCC3=O)cc2)n1C1CC1. The Morgan fingerprint density at radius 1 is 1.24 bits per heavy atom. The molecule has 7 heteroatoms.